The van der Waals surface area contributed by atoms with Gasteiger partial charge < -0.3 is 15.2 Å². The van der Waals surface area contributed by atoms with Crippen molar-refractivity contribution in [1.29, 1.82) is 0 Å². The summed E-state index contributed by atoms with van der Waals surface area (Å²) in [6.07, 6.45) is 0.929. The number of hydrogen-bond acceptors (Lipinski definition) is 4. The predicted molar refractivity (Wildman–Crippen MR) is 79.6 cm³/mol. The Morgan fingerprint density at radius 2 is 2.19 bits per heavy atom. The molecule has 21 heavy (non-hydrogen) atoms. The van der Waals surface area contributed by atoms with Crippen molar-refractivity contribution >= 4 is 5.91 Å². The second-order valence-electron chi connectivity index (χ2n) is 5.93. The molecule has 1 aliphatic heterocycles. The fraction of sp³-hybridized carbons (Fsp3) is 0.375. The van der Waals surface area contributed by atoms with Crippen LogP contribution in [0.15, 0.2) is 40.9 Å². The van der Waals surface area contributed by atoms with E-state index in [0.717, 1.165) is 18.5 Å². The molecule has 0 aliphatic carbocycles. The van der Waals surface area contributed by atoms with E-state index in [0.29, 0.717) is 24.5 Å². The van der Waals surface area contributed by atoms with Crippen LogP contribution in [-0.4, -0.2) is 35.6 Å². The van der Waals surface area contributed by atoms with E-state index in [1.165, 1.54) is 0 Å². The highest BCUT2D eigenvalue weighted by Crippen LogP contribution is 2.30. The van der Waals surface area contributed by atoms with Gasteiger partial charge in [0.05, 0.1) is 0 Å². The van der Waals surface area contributed by atoms with E-state index in [1.807, 2.05) is 30.3 Å². The first-order chi connectivity index (χ1) is 10.1. The quantitative estimate of drug-likeness (QED) is 0.938. The van der Waals surface area contributed by atoms with Crippen LogP contribution < -0.4 is 5.73 Å². The molecule has 2 aromatic rings. The van der Waals surface area contributed by atoms with Crippen LogP contribution in [0.25, 0.3) is 11.3 Å². The lowest BCUT2D eigenvalue weighted by Crippen LogP contribution is -2.34. The molecule has 1 aromatic heterocycles. The highest BCUT2D eigenvalue weighted by Gasteiger charge is 2.36. The molecular formula is C16H19N3O2. The number of aromatic nitrogens is 1. The van der Waals surface area contributed by atoms with Crippen LogP contribution in [0.2, 0.25) is 0 Å². The number of carbonyl (C=O) groups is 1. The molecular weight excluding hydrogens is 266 g/mol. The molecule has 2 N–H and O–H groups in total. The minimum atomic E-state index is -0.0851. The molecule has 1 aliphatic rings. The smallest absolute Gasteiger partial charge is 0.276 e. The average molecular weight is 285 g/mol. The largest absolute Gasteiger partial charge is 0.355 e. The van der Waals surface area contributed by atoms with Gasteiger partial charge in [0, 0.05) is 24.7 Å². The van der Waals surface area contributed by atoms with Crippen molar-refractivity contribution in [2.45, 2.75) is 13.3 Å². The Kier molecular flexibility index (Phi) is 3.51. The number of amides is 1. The van der Waals surface area contributed by atoms with Crippen molar-refractivity contribution in [2.24, 2.45) is 11.1 Å². The molecule has 1 saturated heterocycles. The Balaban J connectivity index is 1.77. The lowest BCUT2D eigenvalue weighted by Gasteiger charge is -2.21. The van der Waals surface area contributed by atoms with Crippen molar-refractivity contribution in [1.82, 2.24) is 10.1 Å². The van der Waals surface area contributed by atoms with Crippen molar-refractivity contribution in [3.63, 3.8) is 0 Å². The number of likely N-dealkylation sites (tertiary alicyclic amines) is 1. The molecule has 1 aromatic carbocycles. The van der Waals surface area contributed by atoms with E-state index in [4.69, 9.17) is 10.3 Å². The van der Waals surface area contributed by atoms with Gasteiger partial charge in [0.25, 0.3) is 5.91 Å². The zero-order valence-corrected chi connectivity index (χ0v) is 12.1. The third kappa shape index (κ3) is 2.69. The van der Waals surface area contributed by atoms with Gasteiger partial charge in [-0.2, -0.15) is 0 Å². The zero-order valence-electron chi connectivity index (χ0n) is 12.1. The van der Waals surface area contributed by atoms with Gasteiger partial charge >= 0.3 is 0 Å². The summed E-state index contributed by atoms with van der Waals surface area (Å²) >= 11 is 0. The molecule has 1 amide bonds. The maximum atomic E-state index is 12.5. The van der Waals surface area contributed by atoms with Crippen LogP contribution in [0.3, 0.4) is 0 Å². The second-order valence-corrected chi connectivity index (χ2v) is 5.93. The molecule has 0 bridgehead atoms. The van der Waals surface area contributed by atoms with Gasteiger partial charge in [-0.1, -0.05) is 42.4 Å². The number of benzene rings is 1. The van der Waals surface area contributed by atoms with Gasteiger partial charge in [0.15, 0.2) is 11.5 Å². The zero-order chi connectivity index (χ0) is 14.9. The summed E-state index contributed by atoms with van der Waals surface area (Å²) in [5.74, 6) is 0.526. The minimum absolute atomic E-state index is 0.0155. The SMILES string of the molecule is CC1(CN)CCN(C(=O)c2cc(-c3ccccc3)on2)C1. The predicted octanol–water partition coefficient (Wildman–Crippen LogP) is 2.15. The summed E-state index contributed by atoms with van der Waals surface area (Å²) in [7, 11) is 0. The van der Waals surface area contributed by atoms with Crippen molar-refractivity contribution in [2.75, 3.05) is 19.6 Å². The van der Waals surface area contributed by atoms with Crippen LogP contribution in [0, 0.1) is 5.41 Å². The minimum Gasteiger partial charge on any atom is -0.355 e. The number of hydrogen-bond donors (Lipinski definition) is 1. The molecule has 0 saturated carbocycles. The van der Waals surface area contributed by atoms with Crippen LogP contribution in [0.4, 0.5) is 0 Å². The second kappa shape index (κ2) is 5.33. The van der Waals surface area contributed by atoms with E-state index in [-0.39, 0.29) is 11.3 Å². The molecule has 5 heteroatoms. The Bertz CT molecular complexity index is 638. The summed E-state index contributed by atoms with van der Waals surface area (Å²) in [6.45, 7) is 4.10. The van der Waals surface area contributed by atoms with Crippen molar-refractivity contribution in [3.8, 4) is 11.3 Å². The molecule has 0 spiro atoms. The Morgan fingerprint density at radius 1 is 1.43 bits per heavy atom. The standard InChI is InChI=1S/C16H19N3O2/c1-16(10-17)7-8-19(11-16)15(20)13-9-14(21-18-13)12-5-3-2-4-6-12/h2-6,9H,7-8,10-11,17H2,1H3. The Hall–Kier alpha value is -2.14. The maximum Gasteiger partial charge on any atom is 0.276 e. The Labute approximate surface area is 123 Å². The normalized spacial score (nSPS) is 21.7. The van der Waals surface area contributed by atoms with E-state index < -0.39 is 0 Å². The van der Waals surface area contributed by atoms with Crippen LogP contribution in [0.1, 0.15) is 23.8 Å². The van der Waals surface area contributed by atoms with Gasteiger partial charge in [-0.25, -0.2) is 0 Å². The summed E-state index contributed by atoms with van der Waals surface area (Å²) in [4.78, 5) is 14.3. The topological polar surface area (TPSA) is 72.4 Å². The van der Waals surface area contributed by atoms with Gasteiger partial charge in [0.2, 0.25) is 0 Å². The van der Waals surface area contributed by atoms with Gasteiger partial charge in [-0.15, -0.1) is 0 Å². The van der Waals surface area contributed by atoms with Gasteiger partial charge in [-0.3, -0.25) is 4.79 Å². The van der Waals surface area contributed by atoms with Gasteiger partial charge in [-0.05, 0) is 18.4 Å². The highest BCUT2D eigenvalue weighted by atomic mass is 16.5. The van der Waals surface area contributed by atoms with Gasteiger partial charge in [0.1, 0.15) is 0 Å². The molecule has 3 rings (SSSR count). The van der Waals surface area contributed by atoms with Crippen LogP contribution in [0.5, 0.6) is 0 Å². The highest BCUT2D eigenvalue weighted by molar-refractivity contribution is 5.93. The lowest BCUT2D eigenvalue weighted by molar-refractivity contribution is 0.0766. The summed E-state index contributed by atoms with van der Waals surface area (Å²) < 4.78 is 5.29. The fourth-order valence-electron chi connectivity index (χ4n) is 2.64. The molecule has 0 radical (unpaired) electrons. The fourth-order valence-corrected chi connectivity index (χ4v) is 2.64. The van der Waals surface area contributed by atoms with E-state index in [1.54, 1.807) is 11.0 Å². The summed E-state index contributed by atoms with van der Waals surface area (Å²) in [5, 5.41) is 3.91. The first-order valence-electron chi connectivity index (χ1n) is 7.13. The molecule has 110 valence electrons. The first kappa shape index (κ1) is 13.8. The molecule has 2 heterocycles. The van der Waals surface area contributed by atoms with E-state index in [2.05, 4.69) is 12.1 Å². The number of nitrogens with zero attached hydrogens (tertiary/aromatic N) is 2. The number of nitrogens with two attached hydrogens (primary N) is 1. The number of carbonyl (C=O) groups excluding carboxylic acids is 1. The van der Waals surface area contributed by atoms with Crippen LogP contribution in [-0.2, 0) is 0 Å². The van der Waals surface area contributed by atoms with Crippen molar-refractivity contribution in [3.05, 3.63) is 42.1 Å². The maximum absolute atomic E-state index is 12.5. The molecule has 5 nitrogen and oxygen atoms in total. The Morgan fingerprint density at radius 3 is 2.86 bits per heavy atom. The molecule has 1 atom stereocenters. The van der Waals surface area contributed by atoms with E-state index in [9.17, 15) is 4.79 Å². The summed E-state index contributed by atoms with van der Waals surface area (Å²) in [6, 6.07) is 11.3. The van der Waals surface area contributed by atoms with Crippen molar-refractivity contribution < 1.29 is 9.32 Å². The average Bonchev–Trinajstić information content (AvgIpc) is 3.15. The third-order valence-corrected chi connectivity index (χ3v) is 4.13. The molecule has 1 fully saturated rings. The van der Waals surface area contributed by atoms with E-state index >= 15 is 0 Å². The summed E-state index contributed by atoms with van der Waals surface area (Å²) in [5.41, 5.74) is 7.06. The number of rotatable bonds is 3. The third-order valence-electron chi connectivity index (χ3n) is 4.13. The molecule has 1 unspecified atom stereocenters. The lowest BCUT2D eigenvalue weighted by atomic mass is 9.90. The monoisotopic (exact) mass is 285 g/mol. The first-order valence-corrected chi connectivity index (χ1v) is 7.13. The van der Waals surface area contributed by atoms with Crippen LogP contribution >= 0.6 is 0 Å².